The number of nitrogens with one attached hydrogen (secondary N) is 3. The van der Waals surface area contributed by atoms with Gasteiger partial charge in [-0.3, -0.25) is 9.59 Å². The smallest absolute Gasteiger partial charge is 0.251 e. The Bertz CT molecular complexity index is 1150. The molecule has 3 aromatic rings. The van der Waals surface area contributed by atoms with Crippen molar-refractivity contribution in [1.82, 2.24) is 10.6 Å². The van der Waals surface area contributed by atoms with Crippen LogP contribution in [0.5, 0.6) is 11.5 Å². The minimum Gasteiger partial charge on any atom is -0.454 e. The summed E-state index contributed by atoms with van der Waals surface area (Å²) in [6.07, 6.45) is 0.577. The summed E-state index contributed by atoms with van der Waals surface area (Å²) in [5, 5.41) is 9.10. The third-order valence-corrected chi connectivity index (χ3v) is 5.72. The van der Waals surface area contributed by atoms with Crippen molar-refractivity contribution in [2.45, 2.75) is 25.0 Å². The van der Waals surface area contributed by atoms with E-state index in [1.165, 1.54) is 5.56 Å². The van der Waals surface area contributed by atoms with Crippen LogP contribution in [0.1, 0.15) is 22.7 Å². The summed E-state index contributed by atoms with van der Waals surface area (Å²) in [5.41, 5.74) is 3.61. The van der Waals surface area contributed by atoms with Crippen LogP contribution in [0.3, 0.4) is 0 Å². The number of ether oxygens (including phenoxy) is 2. The Morgan fingerprint density at radius 1 is 0.906 bits per heavy atom. The second-order valence-electron chi connectivity index (χ2n) is 7.82. The van der Waals surface area contributed by atoms with Crippen molar-refractivity contribution in [3.05, 3.63) is 89.5 Å². The lowest BCUT2D eigenvalue weighted by Gasteiger charge is -2.27. The highest BCUT2D eigenvalue weighted by atomic mass is 16.7. The first-order chi connectivity index (χ1) is 15.7. The van der Waals surface area contributed by atoms with Crippen LogP contribution in [0.2, 0.25) is 0 Å². The van der Waals surface area contributed by atoms with Crippen LogP contribution in [-0.4, -0.2) is 24.6 Å². The summed E-state index contributed by atoms with van der Waals surface area (Å²) < 4.78 is 10.7. The summed E-state index contributed by atoms with van der Waals surface area (Å²) in [6, 6.07) is 21.2. The van der Waals surface area contributed by atoms with Gasteiger partial charge in [0.05, 0.1) is 6.04 Å². The highest BCUT2D eigenvalue weighted by Crippen LogP contribution is 2.34. The summed E-state index contributed by atoms with van der Waals surface area (Å²) in [6.45, 7) is 0.778. The van der Waals surface area contributed by atoms with Gasteiger partial charge < -0.3 is 25.4 Å². The zero-order valence-corrected chi connectivity index (χ0v) is 17.3. The standard InChI is InChI=1S/C25H23N3O4/c29-24(20-12-17-8-4-5-9-18(17)14-26-20)28-23(16-6-2-1-3-7-16)25(30)27-19-10-11-21-22(13-19)32-15-31-21/h1-11,13,20,23,26H,12,14-15H2,(H,27,30)(H,28,29)/t20-,23+/m0/s1. The average molecular weight is 429 g/mol. The SMILES string of the molecule is O=C(N[C@@H](C(=O)Nc1ccc2c(c1)OCO2)c1ccccc1)[C@@H]1Cc2ccccc2CN1. The molecule has 2 amide bonds. The summed E-state index contributed by atoms with van der Waals surface area (Å²) in [7, 11) is 0. The van der Waals surface area contributed by atoms with Crippen LogP contribution in [0.15, 0.2) is 72.8 Å². The maximum atomic E-state index is 13.2. The molecule has 162 valence electrons. The lowest BCUT2D eigenvalue weighted by Crippen LogP contribution is -2.50. The topological polar surface area (TPSA) is 88.7 Å². The van der Waals surface area contributed by atoms with Crippen molar-refractivity contribution in [3.8, 4) is 11.5 Å². The molecule has 0 bridgehead atoms. The largest absolute Gasteiger partial charge is 0.454 e. The van der Waals surface area contributed by atoms with Gasteiger partial charge in [-0.2, -0.15) is 0 Å². The van der Waals surface area contributed by atoms with Gasteiger partial charge in [0.2, 0.25) is 12.7 Å². The van der Waals surface area contributed by atoms with Crippen LogP contribution in [0.4, 0.5) is 5.69 Å². The Morgan fingerprint density at radius 2 is 1.66 bits per heavy atom. The van der Waals surface area contributed by atoms with Gasteiger partial charge in [0.15, 0.2) is 11.5 Å². The number of carbonyl (C=O) groups is 2. The van der Waals surface area contributed by atoms with E-state index < -0.39 is 12.1 Å². The zero-order valence-electron chi connectivity index (χ0n) is 17.3. The third kappa shape index (κ3) is 4.15. The van der Waals surface area contributed by atoms with Crippen molar-refractivity contribution < 1.29 is 19.1 Å². The van der Waals surface area contributed by atoms with E-state index in [1.807, 2.05) is 48.5 Å². The fourth-order valence-corrected chi connectivity index (χ4v) is 4.02. The maximum absolute atomic E-state index is 13.2. The summed E-state index contributed by atoms with van der Waals surface area (Å²) in [4.78, 5) is 26.3. The molecule has 2 heterocycles. The van der Waals surface area contributed by atoms with Crippen LogP contribution >= 0.6 is 0 Å². The first kappa shape index (κ1) is 20.1. The summed E-state index contributed by atoms with van der Waals surface area (Å²) in [5.74, 6) is 0.668. The number of anilines is 1. The third-order valence-electron chi connectivity index (χ3n) is 5.72. The molecule has 0 unspecified atom stereocenters. The molecule has 3 N–H and O–H groups in total. The first-order valence-electron chi connectivity index (χ1n) is 10.5. The lowest BCUT2D eigenvalue weighted by atomic mass is 9.95. The van der Waals surface area contributed by atoms with Gasteiger partial charge in [0.25, 0.3) is 5.91 Å². The number of fused-ring (bicyclic) bond motifs is 2. The molecule has 2 aliphatic heterocycles. The highest BCUT2D eigenvalue weighted by molar-refractivity contribution is 5.98. The second kappa shape index (κ2) is 8.72. The molecule has 0 aliphatic carbocycles. The predicted molar refractivity (Wildman–Crippen MR) is 119 cm³/mol. The van der Waals surface area contributed by atoms with E-state index in [9.17, 15) is 9.59 Å². The Morgan fingerprint density at radius 3 is 2.50 bits per heavy atom. The molecule has 0 saturated heterocycles. The number of carbonyl (C=O) groups excluding carboxylic acids is 2. The summed E-state index contributed by atoms with van der Waals surface area (Å²) >= 11 is 0. The van der Waals surface area contributed by atoms with E-state index >= 15 is 0 Å². The van der Waals surface area contributed by atoms with Gasteiger partial charge >= 0.3 is 0 Å². The molecule has 7 heteroatoms. The van der Waals surface area contributed by atoms with Gasteiger partial charge in [-0.15, -0.1) is 0 Å². The van der Waals surface area contributed by atoms with Gasteiger partial charge in [0.1, 0.15) is 6.04 Å². The van der Waals surface area contributed by atoms with Gasteiger partial charge in [-0.1, -0.05) is 54.6 Å². The molecule has 3 aromatic carbocycles. The monoisotopic (exact) mass is 429 g/mol. The van der Waals surface area contributed by atoms with Crippen LogP contribution in [-0.2, 0) is 22.6 Å². The molecular formula is C25H23N3O4. The predicted octanol–water partition coefficient (Wildman–Crippen LogP) is 2.93. The lowest BCUT2D eigenvalue weighted by molar-refractivity contribution is -0.128. The minimum absolute atomic E-state index is 0.160. The van der Waals surface area contributed by atoms with Crippen molar-refractivity contribution in [1.29, 1.82) is 0 Å². The second-order valence-corrected chi connectivity index (χ2v) is 7.82. The fourth-order valence-electron chi connectivity index (χ4n) is 4.02. The Hall–Kier alpha value is -3.84. The van der Waals surface area contributed by atoms with Crippen LogP contribution < -0.4 is 25.4 Å². The normalized spacial score (nSPS) is 17.2. The van der Waals surface area contributed by atoms with Crippen molar-refractivity contribution >= 4 is 17.5 Å². The Balaban J connectivity index is 1.33. The molecule has 32 heavy (non-hydrogen) atoms. The molecule has 0 aromatic heterocycles. The van der Waals surface area contributed by atoms with E-state index in [0.717, 1.165) is 5.56 Å². The molecule has 0 saturated carbocycles. The molecular weight excluding hydrogens is 406 g/mol. The first-order valence-corrected chi connectivity index (χ1v) is 10.5. The number of benzene rings is 3. The van der Waals surface area contributed by atoms with Gasteiger partial charge in [-0.05, 0) is 35.2 Å². The molecule has 2 atom stereocenters. The Labute approximate surface area is 185 Å². The van der Waals surface area contributed by atoms with Gasteiger partial charge in [0, 0.05) is 18.3 Å². The number of rotatable bonds is 5. The molecule has 2 aliphatic rings. The number of hydrogen-bond acceptors (Lipinski definition) is 5. The zero-order chi connectivity index (χ0) is 21.9. The van der Waals surface area contributed by atoms with E-state index in [-0.39, 0.29) is 18.6 Å². The molecule has 0 radical (unpaired) electrons. The minimum atomic E-state index is -0.840. The highest BCUT2D eigenvalue weighted by Gasteiger charge is 2.29. The van der Waals surface area contributed by atoms with E-state index in [1.54, 1.807) is 18.2 Å². The van der Waals surface area contributed by atoms with E-state index in [2.05, 4.69) is 22.0 Å². The fraction of sp³-hybridized carbons (Fsp3) is 0.200. The average Bonchev–Trinajstić information content (AvgIpc) is 3.30. The van der Waals surface area contributed by atoms with Crippen molar-refractivity contribution in [2.75, 3.05) is 12.1 Å². The van der Waals surface area contributed by atoms with E-state index in [4.69, 9.17) is 9.47 Å². The quantitative estimate of drug-likeness (QED) is 0.580. The van der Waals surface area contributed by atoms with Crippen molar-refractivity contribution in [3.63, 3.8) is 0 Å². The van der Waals surface area contributed by atoms with E-state index in [0.29, 0.717) is 35.7 Å². The van der Waals surface area contributed by atoms with Crippen LogP contribution in [0, 0.1) is 0 Å². The Kier molecular flexibility index (Phi) is 5.47. The van der Waals surface area contributed by atoms with Gasteiger partial charge in [-0.25, -0.2) is 0 Å². The number of hydrogen-bond donors (Lipinski definition) is 3. The molecule has 5 rings (SSSR count). The maximum Gasteiger partial charge on any atom is 0.251 e. The molecule has 7 nitrogen and oxygen atoms in total. The number of amides is 2. The van der Waals surface area contributed by atoms with Crippen LogP contribution in [0.25, 0.3) is 0 Å². The van der Waals surface area contributed by atoms with Crippen molar-refractivity contribution in [2.24, 2.45) is 0 Å². The molecule has 0 spiro atoms. The molecule has 0 fully saturated rings.